The van der Waals surface area contributed by atoms with E-state index in [0.29, 0.717) is 22.7 Å². The Balaban J connectivity index is 2.23. The Morgan fingerprint density at radius 2 is 1.90 bits per heavy atom. The van der Waals surface area contributed by atoms with Gasteiger partial charge in [-0.15, -0.1) is 0 Å². The van der Waals surface area contributed by atoms with Crippen LogP contribution in [-0.2, 0) is 0 Å². The lowest BCUT2D eigenvalue weighted by Crippen LogP contribution is -1.94. The minimum absolute atomic E-state index is 0.0213. The molecule has 2 aromatic carbocycles. The maximum Gasteiger partial charge on any atom is 0.176 e. The normalized spacial score (nSPS) is 10.7. The summed E-state index contributed by atoms with van der Waals surface area (Å²) in [6, 6.07) is 15.1. The third-order valence-corrected chi connectivity index (χ3v) is 3.30. The molecule has 0 bridgehead atoms. The molecule has 0 radical (unpaired) electrons. The summed E-state index contributed by atoms with van der Waals surface area (Å²) < 4.78 is 11.2. The molecule has 0 spiro atoms. The summed E-state index contributed by atoms with van der Waals surface area (Å²) >= 11 is 0. The Morgan fingerprint density at radius 1 is 1.10 bits per heavy atom. The van der Waals surface area contributed by atoms with Gasteiger partial charge < -0.3 is 9.15 Å². The largest absolute Gasteiger partial charge is 0.493 e. The number of furan rings is 1. The van der Waals surface area contributed by atoms with E-state index in [2.05, 4.69) is 0 Å². The molecule has 0 atom stereocenters. The van der Waals surface area contributed by atoms with Crippen molar-refractivity contribution in [1.29, 1.82) is 0 Å². The molecule has 1 heterocycles. The molecule has 0 aliphatic heterocycles. The number of benzene rings is 2. The van der Waals surface area contributed by atoms with Crippen LogP contribution in [-0.4, -0.2) is 12.9 Å². The molecule has 3 heteroatoms. The van der Waals surface area contributed by atoms with Crippen LogP contribution >= 0.6 is 0 Å². The second kappa shape index (κ2) is 4.85. The second-order valence-corrected chi connectivity index (χ2v) is 4.59. The molecule has 3 nitrogen and oxygen atoms in total. The molecule has 0 unspecified atom stereocenters. The molecule has 0 amide bonds. The van der Waals surface area contributed by atoms with Gasteiger partial charge in [0.1, 0.15) is 5.76 Å². The summed E-state index contributed by atoms with van der Waals surface area (Å²) in [5.74, 6) is 1.39. The number of para-hydroxylation sites is 1. The molecular weight excluding hydrogens is 252 g/mol. The number of carbonyl (C=O) groups is 1. The highest BCUT2D eigenvalue weighted by atomic mass is 16.5. The average molecular weight is 266 g/mol. The van der Waals surface area contributed by atoms with Crippen LogP contribution in [0.3, 0.4) is 0 Å². The van der Waals surface area contributed by atoms with E-state index in [1.165, 1.54) is 0 Å². The predicted octanol–water partition coefficient (Wildman–Crippen LogP) is 4.31. The van der Waals surface area contributed by atoms with Gasteiger partial charge in [0.05, 0.1) is 7.11 Å². The number of hydrogen-bond acceptors (Lipinski definition) is 3. The number of fused-ring (bicyclic) bond motifs is 1. The van der Waals surface area contributed by atoms with Gasteiger partial charge in [0.2, 0.25) is 0 Å². The van der Waals surface area contributed by atoms with E-state index in [9.17, 15) is 4.79 Å². The van der Waals surface area contributed by atoms with Crippen molar-refractivity contribution < 1.29 is 13.9 Å². The van der Waals surface area contributed by atoms with Gasteiger partial charge in [0.25, 0.3) is 0 Å². The highest BCUT2D eigenvalue weighted by Gasteiger charge is 2.14. The van der Waals surface area contributed by atoms with Crippen molar-refractivity contribution in [2.45, 2.75) is 6.92 Å². The molecular formula is C17H14O3. The topological polar surface area (TPSA) is 39.4 Å². The van der Waals surface area contributed by atoms with Gasteiger partial charge in [-0.1, -0.05) is 36.4 Å². The van der Waals surface area contributed by atoms with Crippen LogP contribution in [0.15, 0.2) is 52.9 Å². The van der Waals surface area contributed by atoms with Gasteiger partial charge in [-0.05, 0) is 19.1 Å². The number of ether oxygens (including phenoxy) is 1. The van der Waals surface area contributed by atoms with Crippen molar-refractivity contribution >= 4 is 16.8 Å². The highest BCUT2D eigenvalue weighted by Crippen LogP contribution is 2.34. The zero-order valence-corrected chi connectivity index (χ0v) is 11.3. The van der Waals surface area contributed by atoms with Crippen molar-refractivity contribution in [2.75, 3.05) is 7.11 Å². The van der Waals surface area contributed by atoms with Crippen LogP contribution in [0.2, 0.25) is 0 Å². The van der Waals surface area contributed by atoms with E-state index in [1.807, 2.05) is 48.5 Å². The number of methoxy groups -OCH3 is 1. The molecule has 0 fully saturated rings. The number of ketones is 1. The van der Waals surface area contributed by atoms with Gasteiger partial charge in [-0.3, -0.25) is 4.79 Å². The molecule has 0 aliphatic carbocycles. The number of carbonyl (C=O) groups excluding carboxylic acids is 1. The first kappa shape index (κ1) is 12.5. The van der Waals surface area contributed by atoms with Crippen molar-refractivity contribution in [2.24, 2.45) is 0 Å². The quantitative estimate of drug-likeness (QED) is 0.663. The molecule has 100 valence electrons. The summed E-state index contributed by atoms with van der Waals surface area (Å²) in [5, 5.41) is 0.956. The zero-order valence-electron chi connectivity index (χ0n) is 11.3. The van der Waals surface area contributed by atoms with Gasteiger partial charge in [-0.25, -0.2) is 0 Å². The van der Waals surface area contributed by atoms with Crippen LogP contribution in [0, 0.1) is 0 Å². The van der Waals surface area contributed by atoms with E-state index >= 15 is 0 Å². The molecule has 3 aromatic rings. The van der Waals surface area contributed by atoms with Gasteiger partial charge in [0, 0.05) is 16.5 Å². The molecule has 20 heavy (non-hydrogen) atoms. The van der Waals surface area contributed by atoms with E-state index in [0.717, 1.165) is 10.9 Å². The Labute approximate surface area is 116 Å². The minimum atomic E-state index is 0.0213. The minimum Gasteiger partial charge on any atom is -0.493 e. The van der Waals surface area contributed by atoms with Crippen molar-refractivity contribution in [3.05, 3.63) is 54.1 Å². The van der Waals surface area contributed by atoms with Crippen LogP contribution in [0.25, 0.3) is 22.3 Å². The van der Waals surface area contributed by atoms with Gasteiger partial charge in [0.15, 0.2) is 17.1 Å². The first-order valence-corrected chi connectivity index (χ1v) is 6.37. The lowest BCUT2D eigenvalue weighted by molar-refractivity contribution is 0.101. The highest BCUT2D eigenvalue weighted by molar-refractivity contribution is 6.01. The standard InChI is InChI=1S/C17H14O3/c1-11(18)13-7-3-4-8-14(13)16-10-12-6-5-9-15(19-2)17(12)20-16/h3-10H,1-2H3. The van der Waals surface area contributed by atoms with Crippen molar-refractivity contribution in [1.82, 2.24) is 0 Å². The predicted molar refractivity (Wildman–Crippen MR) is 78.2 cm³/mol. The molecule has 0 saturated heterocycles. The summed E-state index contributed by atoms with van der Waals surface area (Å²) in [6.07, 6.45) is 0. The fourth-order valence-corrected chi connectivity index (χ4v) is 2.33. The molecule has 3 rings (SSSR count). The number of rotatable bonds is 3. The van der Waals surface area contributed by atoms with Crippen LogP contribution < -0.4 is 4.74 Å². The third-order valence-electron chi connectivity index (χ3n) is 3.30. The van der Waals surface area contributed by atoms with E-state index in [4.69, 9.17) is 9.15 Å². The number of Topliss-reactive ketones (excluding diaryl/α,β-unsaturated/α-hetero) is 1. The van der Waals surface area contributed by atoms with Crippen LogP contribution in [0.5, 0.6) is 5.75 Å². The lowest BCUT2D eigenvalue weighted by Gasteiger charge is -2.03. The number of hydrogen-bond donors (Lipinski definition) is 0. The van der Waals surface area contributed by atoms with Crippen molar-refractivity contribution in [3.63, 3.8) is 0 Å². The summed E-state index contributed by atoms with van der Waals surface area (Å²) in [6.45, 7) is 1.56. The maximum absolute atomic E-state index is 11.7. The van der Waals surface area contributed by atoms with E-state index in [1.54, 1.807) is 14.0 Å². The van der Waals surface area contributed by atoms with E-state index < -0.39 is 0 Å². The first-order valence-electron chi connectivity index (χ1n) is 6.37. The fourth-order valence-electron chi connectivity index (χ4n) is 2.33. The first-order chi connectivity index (χ1) is 9.70. The lowest BCUT2D eigenvalue weighted by atomic mass is 10.0. The molecule has 0 aliphatic rings. The smallest absolute Gasteiger partial charge is 0.176 e. The summed E-state index contributed by atoms with van der Waals surface area (Å²) in [5.41, 5.74) is 2.16. The molecule has 0 saturated carbocycles. The van der Waals surface area contributed by atoms with E-state index in [-0.39, 0.29) is 5.78 Å². The van der Waals surface area contributed by atoms with Gasteiger partial charge >= 0.3 is 0 Å². The Bertz CT molecular complexity index is 784. The van der Waals surface area contributed by atoms with Crippen molar-refractivity contribution in [3.8, 4) is 17.1 Å². The molecule has 0 N–H and O–H groups in total. The third kappa shape index (κ3) is 1.97. The SMILES string of the molecule is COc1cccc2cc(-c3ccccc3C(C)=O)oc12. The van der Waals surface area contributed by atoms with Gasteiger partial charge in [-0.2, -0.15) is 0 Å². The second-order valence-electron chi connectivity index (χ2n) is 4.59. The maximum atomic E-state index is 11.7. The zero-order chi connectivity index (χ0) is 14.1. The molecule has 1 aromatic heterocycles. The fraction of sp³-hybridized carbons (Fsp3) is 0.118. The average Bonchev–Trinajstić information content (AvgIpc) is 2.90. The van der Waals surface area contributed by atoms with Crippen LogP contribution in [0.1, 0.15) is 17.3 Å². The summed E-state index contributed by atoms with van der Waals surface area (Å²) in [7, 11) is 1.61. The Kier molecular flexibility index (Phi) is 3.03. The summed E-state index contributed by atoms with van der Waals surface area (Å²) in [4.78, 5) is 11.7. The monoisotopic (exact) mass is 266 g/mol. The Hall–Kier alpha value is -2.55. The van der Waals surface area contributed by atoms with Crippen LogP contribution in [0.4, 0.5) is 0 Å². The Morgan fingerprint density at radius 3 is 2.65 bits per heavy atom.